The first kappa shape index (κ1) is 17.0. The number of nitrogens with one attached hydrogen (secondary N) is 2. The number of carbonyl (C=O) groups is 2. The highest BCUT2D eigenvalue weighted by molar-refractivity contribution is 8.00. The average Bonchev–Trinajstić information content (AvgIpc) is 3.02. The largest absolute Gasteiger partial charge is 0.279 e. The van der Waals surface area contributed by atoms with Crippen molar-refractivity contribution < 1.29 is 9.59 Å². The van der Waals surface area contributed by atoms with Gasteiger partial charge in [0.05, 0.1) is 10.6 Å². The lowest BCUT2D eigenvalue weighted by Crippen LogP contribution is -2.42. The van der Waals surface area contributed by atoms with Crippen LogP contribution < -0.4 is 10.9 Å². The van der Waals surface area contributed by atoms with E-state index in [1.165, 1.54) is 40.0 Å². The fourth-order valence-corrected chi connectivity index (χ4v) is 4.53. The molecule has 2 aromatic rings. The second kappa shape index (κ2) is 7.85. The van der Waals surface area contributed by atoms with Crippen molar-refractivity contribution in [3.05, 3.63) is 51.7 Å². The van der Waals surface area contributed by atoms with Gasteiger partial charge in [-0.25, -0.2) is 0 Å². The first-order valence-corrected chi connectivity index (χ1v) is 9.80. The summed E-state index contributed by atoms with van der Waals surface area (Å²) < 4.78 is 0. The number of benzene rings is 1. The fraction of sp³-hybridized carbons (Fsp3) is 0.333. The summed E-state index contributed by atoms with van der Waals surface area (Å²) in [5.74, 6) is 0.493. The first-order chi connectivity index (χ1) is 11.6. The number of amides is 2. The van der Waals surface area contributed by atoms with Crippen LogP contribution in [0.25, 0.3) is 0 Å². The Morgan fingerprint density at radius 3 is 2.83 bits per heavy atom. The Morgan fingerprint density at radius 2 is 2.04 bits per heavy atom. The zero-order chi connectivity index (χ0) is 16.9. The van der Waals surface area contributed by atoms with Crippen LogP contribution in [0.5, 0.6) is 0 Å². The summed E-state index contributed by atoms with van der Waals surface area (Å²) in [6.07, 6.45) is 3.27. The lowest BCUT2D eigenvalue weighted by atomic mass is 9.90. The second-order valence-corrected chi connectivity index (χ2v) is 8.20. The lowest BCUT2D eigenvalue weighted by Gasteiger charge is -2.16. The minimum Gasteiger partial charge on any atom is -0.272 e. The van der Waals surface area contributed by atoms with Gasteiger partial charge in [-0.05, 0) is 48.9 Å². The molecule has 1 aromatic carbocycles. The molecule has 0 spiro atoms. The van der Waals surface area contributed by atoms with Crippen LogP contribution in [0.1, 0.15) is 33.5 Å². The van der Waals surface area contributed by atoms with Crippen molar-refractivity contribution in [2.45, 2.75) is 31.1 Å². The summed E-state index contributed by atoms with van der Waals surface area (Å²) in [6.45, 7) is 2.24. The molecule has 24 heavy (non-hydrogen) atoms. The van der Waals surface area contributed by atoms with E-state index in [0.717, 1.165) is 17.7 Å². The quantitative estimate of drug-likeness (QED) is 0.649. The molecule has 1 heterocycles. The molecular weight excluding hydrogens is 340 g/mol. The summed E-state index contributed by atoms with van der Waals surface area (Å²) >= 11 is 2.98. The number of fused-ring (bicyclic) bond motifs is 1. The molecule has 1 atom stereocenters. The van der Waals surface area contributed by atoms with Crippen LogP contribution in [-0.2, 0) is 17.6 Å². The molecule has 0 bridgehead atoms. The maximum atomic E-state index is 12.2. The zero-order valence-corrected chi connectivity index (χ0v) is 15.1. The first-order valence-electron chi connectivity index (χ1n) is 8.00. The molecule has 6 heteroatoms. The van der Waals surface area contributed by atoms with E-state index in [1.807, 2.05) is 36.4 Å². The van der Waals surface area contributed by atoms with Gasteiger partial charge in [0.25, 0.3) is 5.91 Å². The Morgan fingerprint density at radius 1 is 1.25 bits per heavy atom. The molecule has 3 rings (SSSR count). The molecule has 0 radical (unpaired) electrons. The molecule has 0 unspecified atom stereocenters. The van der Waals surface area contributed by atoms with Crippen molar-refractivity contribution in [3.63, 3.8) is 0 Å². The lowest BCUT2D eigenvalue weighted by molar-refractivity contribution is -0.119. The summed E-state index contributed by atoms with van der Waals surface area (Å²) in [5, 5.41) is 0. The average molecular weight is 361 g/mol. The minimum atomic E-state index is -0.236. The number of carbonyl (C=O) groups excluding carboxylic acids is 2. The highest BCUT2D eigenvalue weighted by atomic mass is 32.2. The summed E-state index contributed by atoms with van der Waals surface area (Å²) in [4.78, 5) is 27.1. The highest BCUT2D eigenvalue weighted by Crippen LogP contribution is 2.32. The number of thioether (sulfide) groups is 1. The van der Waals surface area contributed by atoms with Gasteiger partial charge < -0.3 is 0 Å². The van der Waals surface area contributed by atoms with E-state index in [2.05, 4.69) is 17.8 Å². The molecule has 0 aliphatic heterocycles. The van der Waals surface area contributed by atoms with Crippen molar-refractivity contribution in [2.24, 2.45) is 5.92 Å². The molecule has 1 aliphatic carbocycles. The third-order valence-electron chi connectivity index (χ3n) is 3.98. The van der Waals surface area contributed by atoms with E-state index < -0.39 is 0 Å². The van der Waals surface area contributed by atoms with Gasteiger partial charge in [0.1, 0.15) is 0 Å². The van der Waals surface area contributed by atoms with Gasteiger partial charge >= 0.3 is 0 Å². The van der Waals surface area contributed by atoms with E-state index >= 15 is 0 Å². The SMILES string of the molecule is C[C@@H]1CCc2sc(C(=O)NNC(=O)CSc3ccccc3)cc2C1. The zero-order valence-electron chi connectivity index (χ0n) is 13.5. The summed E-state index contributed by atoms with van der Waals surface area (Å²) in [5.41, 5.74) is 6.29. The molecule has 0 saturated carbocycles. The number of thiophene rings is 1. The van der Waals surface area contributed by atoms with Gasteiger partial charge in [-0.15, -0.1) is 23.1 Å². The topological polar surface area (TPSA) is 58.2 Å². The Balaban J connectivity index is 1.48. The number of hydrazine groups is 1. The molecule has 0 fully saturated rings. The van der Waals surface area contributed by atoms with Crippen molar-refractivity contribution >= 4 is 34.9 Å². The molecule has 0 saturated heterocycles. The van der Waals surface area contributed by atoms with E-state index in [9.17, 15) is 9.59 Å². The van der Waals surface area contributed by atoms with Crippen molar-refractivity contribution in [1.29, 1.82) is 0 Å². The van der Waals surface area contributed by atoms with Gasteiger partial charge in [0, 0.05) is 9.77 Å². The van der Waals surface area contributed by atoms with Crippen LogP contribution in [-0.4, -0.2) is 17.6 Å². The smallest absolute Gasteiger partial charge is 0.272 e. The van der Waals surface area contributed by atoms with Crippen LogP contribution in [0.4, 0.5) is 0 Å². The monoisotopic (exact) mass is 360 g/mol. The van der Waals surface area contributed by atoms with Gasteiger partial charge in [-0.2, -0.15) is 0 Å². The van der Waals surface area contributed by atoms with E-state index in [-0.39, 0.29) is 17.6 Å². The molecule has 4 nitrogen and oxygen atoms in total. The Kier molecular flexibility index (Phi) is 5.58. The van der Waals surface area contributed by atoms with Crippen LogP contribution in [0.15, 0.2) is 41.3 Å². The van der Waals surface area contributed by atoms with Gasteiger partial charge in [0.15, 0.2) is 0 Å². The minimum absolute atomic E-state index is 0.216. The van der Waals surface area contributed by atoms with Gasteiger partial charge in [0.2, 0.25) is 5.91 Å². The third kappa shape index (κ3) is 4.39. The number of rotatable bonds is 4. The Hall–Kier alpha value is -1.79. The third-order valence-corrected chi connectivity index (χ3v) is 6.23. The molecule has 1 aliphatic rings. The number of hydrogen-bond donors (Lipinski definition) is 2. The van der Waals surface area contributed by atoms with Crippen LogP contribution in [0.3, 0.4) is 0 Å². The molecule has 1 aromatic heterocycles. The van der Waals surface area contributed by atoms with Crippen LogP contribution >= 0.6 is 23.1 Å². The summed E-state index contributed by atoms with van der Waals surface area (Å²) in [6, 6.07) is 11.7. The number of aryl methyl sites for hydroxylation is 1. The Bertz CT molecular complexity index is 728. The second-order valence-electron chi connectivity index (χ2n) is 6.01. The molecule has 126 valence electrons. The van der Waals surface area contributed by atoms with E-state index in [1.54, 1.807) is 0 Å². The number of hydrogen-bond acceptors (Lipinski definition) is 4. The summed E-state index contributed by atoms with van der Waals surface area (Å²) in [7, 11) is 0. The highest BCUT2D eigenvalue weighted by Gasteiger charge is 2.20. The predicted molar refractivity (Wildman–Crippen MR) is 98.3 cm³/mol. The molecule has 2 amide bonds. The van der Waals surface area contributed by atoms with E-state index in [0.29, 0.717) is 10.8 Å². The van der Waals surface area contributed by atoms with Crippen molar-refractivity contribution in [1.82, 2.24) is 10.9 Å². The van der Waals surface area contributed by atoms with Crippen molar-refractivity contribution in [3.8, 4) is 0 Å². The van der Waals surface area contributed by atoms with Gasteiger partial charge in [-0.3, -0.25) is 20.4 Å². The van der Waals surface area contributed by atoms with Crippen LogP contribution in [0.2, 0.25) is 0 Å². The maximum absolute atomic E-state index is 12.2. The fourth-order valence-electron chi connectivity index (χ4n) is 2.71. The predicted octanol–water partition coefficient (Wildman–Crippen LogP) is 3.43. The van der Waals surface area contributed by atoms with Crippen LogP contribution in [0, 0.1) is 5.92 Å². The van der Waals surface area contributed by atoms with Crippen molar-refractivity contribution in [2.75, 3.05) is 5.75 Å². The van der Waals surface area contributed by atoms with Gasteiger partial charge in [-0.1, -0.05) is 25.1 Å². The molecule has 2 N–H and O–H groups in total. The maximum Gasteiger partial charge on any atom is 0.279 e. The van der Waals surface area contributed by atoms with E-state index in [4.69, 9.17) is 0 Å². The molecular formula is C18H20N2O2S2. The normalized spacial score (nSPS) is 16.3. The standard InChI is InChI=1S/C18H20N2O2S2/c1-12-7-8-15-13(9-12)10-16(24-15)18(22)20-19-17(21)11-23-14-5-3-2-4-6-14/h2-6,10,12H,7-9,11H2,1H3,(H,19,21)(H,20,22)/t12-/m1/s1. The Labute approximate surface area is 150 Å².